The molecule has 0 saturated heterocycles. The van der Waals surface area contributed by atoms with Gasteiger partial charge in [0.15, 0.2) is 0 Å². The molecule has 6 heteroatoms. The number of benzene rings is 2. The quantitative estimate of drug-likeness (QED) is 0.737. The molecule has 0 aliphatic carbocycles. The Hall–Kier alpha value is -2.14. The first-order valence-corrected chi connectivity index (χ1v) is 5.87. The number of imidazole rings is 1. The normalized spacial score (nSPS) is 10.9. The van der Waals surface area contributed by atoms with Crippen LogP contribution in [-0.2, 0) is 0 Å². The molecule has 0 fully saturated rings. The van der Waals surface area contributed by atoms with Crippen LogP contribution in [0.2, 0.25) is 5.02 Å². The number of fused-ring (bicyclic) bond motifs is 1. The fourth-order valence-electron chi connectivity index (χ4n) is 1.75. The number of halogens is 3. The number of H-pyrrole nitrogens is 1. The first-order valence-electron chi connectivity index (χ1n) is 5.49. The Morgan fingerprint density at radius 2 is 1.95 bits per heavy atom. The largest absolute Gasteiger partial charge is 0.326 e. The Kier molecular flexibility index (Phi) is 2.83. The van der Waals surface area contributed by atoms with Crippen molar-refractivity contribution < 1.29 is 8.78 Å². The van der Waals surface area contributed by atoms with Gasteiger partial charge < -0.3 is 10.3 Å². The van der Waals surface area contributed by atoms with Gasteiger partial charge in [0, 0.05) is 5.69 Å². The molecule has 0 bridgehead atoms. The monoisotopic (exact) mass is 279 g/mol. The molecule has 2 aromatic carbocycles. The molecule has 1 heterocycles. The molecule has 3 rings (SSSR count). The van der Waals surface area contributed by atoms with Crippen molar-refractivity contribution in [1.82, 2.24) is 9.97 Å². The maximum Gasteiger partial charge on any atom is 0.205 e. The van der Waals surface area contributed by atoms with Crippen LogP contribution in [0.1, 0.15) is 0 Å². The van der Waals surface area contributed by atoms with Crippen LogP contribution < -0.4 is 5.32 Å². The molecular formula is C13H8ClF2N3. The van der Waals surface area contributed by atoms with Crippen LogP contribution in [0, 0.1) is 11.6 Å². The van der Waals surface area contributed by atoms with Crippen molar-refractivity contribution in [3.63, 3.8) is 0 Å². The van der Waals surface area contributed by atoms with Gasteiger partial charge in [0.1, 0.15) is 11.6 Å². The maximum atomic E-state index is 13.0. The van der Waals surface area contributed by atoms with Crippen molar-refractivity contribution >= 4 is 34.3 Å². The number of anilines is 2. The highest BCUT2D eigenvalue weighted by Gasteiger charge is 2.05. The van der Waals surface area contributed by atoms with Gasteiger partial charge in [-0.05, 0) is 36.4 Å². The summed E-state index contributed by atoms with van der Waals surface area (Å²) in [5, 5.41) is 2.96. The van der Waals surface area contributed by atoms with E-state index in [9.17, 15) is 8.78 Å². The lowest BCUT2D eigenvalue weighted by molar-refractivity contribution is 0.628. The van der Waals surface area contributed by atoms with Gasteiger partial charge in [-0.2, -0.15) is 0 Å². The van der Waals surface area contributed by atoms with E-state index < -0.39 is 5.82 Å². The van der Waals surface area contributed by atoms with Gasteiger partial charge in [0.25, 0.3) is 0 Å². The predicted molar refractivity (Wildman–Crippen MR) is 70.7 cm³/mol. The number of rotatable bonds is 2. The molecule has 0 saturated carbocycles. The van der Waals surface area contributed by atoms with Crippen LogP contribution in [-0.4, -0.2) is 9.97 Å². The van der Waals surface area contributed by atoms with Crippen LogP contribution >= 0.6 is 11.6 Å². The van der Waals surface area contributed by atoms with E-state index in [0.717, 1.165) is 0 Å². The Balaban J connectivity index is 1.94. The molecule has 0 atom stereocenters. The van der Waals surface area contributed by atoms with Crippen molar-refractivity contribution in [2.45, 2.75) is 0 Å². The molecule has 2 N–H and O–H groups in total. The first-order chi connectivity index (χ1) is 9.11. The second-order valence-corrected chi connectivity index (χ2v) is 4.41. The van der Waals surface area contributed by atoms with Gasteiger partial charge in [-0.25, -0.2) is 13.8 Å². The lowest BCUT2D eigenvalue weighted by atomic mass is 10.3. The van der Waals surface area contributed by atoms with E-state index in [1.807, 2.05) is 0 Å². The van der Waals surface area contributed by atoms with Crippen molar-refractivity contribution in [3.05, 3.63) is 53.1 Å². The van der Waals surface area contributed by atoms with Crippen LogP contribution in [0.25, 0.3) is 11.0 Å². The topological polar surface area (TPSA) is 40.7 Å². The van der Waals surface area contributed by atoms with E-state index in [4.69, 9.17) is 11.6 Å². The maximum absolute atomic E-state index is 13.0. The van der Waals surface area contributed by atoms with E-state index in [-0.39, 0.29) is 10.8 Å². The zero-order valence-electron chi connectivity index (χ0n) is 9.55. The highest BCUT2D eigenvalue weighted by Crippen LogP contribution is 2.23. The lowest BCUT2D eigenvalue weighted by Crippen LogP contribution is -1.92. The second kappa shape index (κ2) is 4.51. The van der Waals surface area contributed by atoms with Crippen molar-refractivity contribution in [1.29, 1.82) is 0 Å². The highest BCUT2D eigenvalue weighted by molar-refractivity contribution is 6.31. The van der Waals surface area contributed by atoms with Crippen LogP contribution in [0.15, 0.2) is 36.4 Å². The van der Waals surface area contributed by atoms with Crippen LogP contribution in [0.3, 0.4) is 0 Å². The minimum atomic E-state index is -0.487. The average Bonchev–Trinajstić information content (AvgIpc) is 2.75. The van der Waals surface area contributed by atoms with Gasteiger partial charge in [-0.3, -0.25) is 0 Å². The SMILES string of the molecule is Fc1ccc2nc(Nc3ccc(F)c(Cl)c3)[nH]c2c1. The summed E-state index contributed by atoms with van der Waals surface area (Å²) < 4.78 is 26.1. The molecule has 0 radical (unpaired) electrons. The fourth-order valence-corrected chi connectivity index (χ4v) is 1.93. The first kappa shape index (κ1) is 11.9. The van der Waals surface area contributed by atoms with Crippen molar-refractivity contribution in [3.8, 4) is 0 Å². The number of aromatic nitrogens is 2. The van der Waals surface area contributed by atoms with Gasteiger partial charge in [0.2, 0.25) is 5.95 Å². The molecule has 3 aromatic rings. The Labute approximate surface area is 112 Å². The van der Waals surface area contributed by atoms with Crippen LogP contribution in [0.5, 0.6) is 0 Å². The van der Waals surface area contributed by atoms with E-state index in [1.54, 1.807) is 6.07 Å². The number of nitrogens with one attached hydrogen (secondary N) is 2. The van der Waals surface area contributed by atoms with Gasteiger partial charge in [0.05, 0.1) is 16.1 Å². The van der Waals surface area contributed by atoms with Crippen LogP contribution in [0.4, 0.5) is 20.4 Å². The molecule has 3 nitrogen and oxygen atoms in total. The third-order valence-electron chi connectivity index (χ3n) is 2.63. The number of hydrogen-bond donors (Lipinski definition) is 2. The number of aromatic amines is 1. The minimum Gasteiger partial charge on any atom is -0.326 e. The van der Waals surface area contributed by atoms with Gasteiger partial charge in [-0.15, -0.1) is 0 Å². The third kappa shape index (κ3) is 2.37. The average molecular weight is 280 g/mol. The molecule has 0 spiro atoms. The molecule has 1 aromatic heterocycles. The number of hydrogen-bond acceptors (Lipinski definition) is 2. The predicted octanol–water partition coefficient (Wildman–Crippen LogP) is 4.24. The molecular weight excluding hydrogens is 272 g/mol. The third-order valence-corrected chi connectivity index (χ3v) is 2.92. The van der Waals surface area contributed by atoms with E-state index >= 15 is 0 Å². The highest BCUT2D eigenvalue weighted by atomic mass is 35.5. The Bertz CT molecular complexity index is 755. The molecule has 0 aliphatic heterocycles. The summed E-state index contributed by atoms with van der Waals surface area (Å²) in [6, 6.07) is 8.50. The van der Waals surface area contributed by atoms with Crippen molar-refractivity contribution in [2.24, 2.45) is 0 Å². The zero-order chi connectivity index (χ0) is 13.4. The Morgan fingerprint density at radius 3 is 2.74 bits per heavy atom. The number of nitrogens with zero attached hydrogens (tertiary/aromatic N) is 1. The fraction of sp³-hybridized carbons (Fsp3) is 0. The standard InChI is InChI=1S/C13H8ClF2N3/c14-9-6-8(2-3-10(9)16)17-13-18-11-4-1-7(15)5-12(11)19-13/h1-6H,(H2,17,18,19). The smallest absolute Gasteiger partial charge is 0.205 e. The summed E-state index contributed by atoms with van der Waals surface area (Å²) in [5.41, 5.74) is 1.80. The summed E-state index contributed by atoms with van der Waals surface area (Å²) in [4.78, 5) is 7.15. The molecule has 0 unspecified atom stereocenters. The zero-order valence-corrected chi connectivity index (χ0v) is 10.3. The summed E-state index contributed by atoms with van der Waals surface area (Å²) >= 11 is 5.68. The Morgan fingerprint density at radius 1 is 1.11 bits per heavy atom. The summed E-state index contributed by atoms with van der Waals surface area (Å²) in [6.45, 7) is 0. The van der Waals surface area contributed by atoms with Gasteiger partial charge >= 0.3 is 0 Å². The molecule has 0 amide bonds. The summed E-state index contributed by atoms with van der Waals surface area (Å²) in [7, 11) is 0. The molecule has 96 valence electrons. The summed E-state index contributed by atoms with van der Waals surface area (Å²) in [5.74, 6) is -0.394. The van der Waals surface area contributed by atoms with Gasteiger partial charge in [-0.1, -0.05) is 11.6 Å². The minimum absolute atomic E-state index is 0.0205. The van der Waals surface area contributed by atoms with E-state index in [1.165, 1.54) is 30.3 Å². The summed E-state index contributed by atoms with van der Waals surface area (Å²) in [6.07, 6.45) is 0. The molecule has 0 aliphatic rings. The van der Waals surface area contributed by atoms with Crippen molar-refractivity contribution in [2.75, 3.05) is 5.32 Å². The van der Waals surface area contributed by atoms with E-state index in [2.05, 4.69) is 15.3 Å². The second-order valence-electron chi connectivity index (χ2n) is 4.00. The molecule has 19 heavy (non-hydrogen) atoms. The van der Waals surface area contributed by atoms with E-state index in [0.29, 0.717) is 22.7 Å². The lowest BCUT2D eigenvalue weighted by Gasteiger charge is -2.03.